The molecule has 0 saturated heterocycles. The molecule has 1 aliphatic heterocycles. The van der Waals surface area contributed by atoms with Gasteiger partial charge in [-0.05, 0) is 73.0 Å². The zero-order chi connectivity index (χ0) is 29.8. The van der Waals surface area contributed by atoms with Gasteiger partial charge in [-0.15, -0.1) is 0 Å². The summed E-state index contributed by atoms with van der Waals surface area (Å²) in [4.78, 5) is 43.2. The SMILES string of the molecule is CCOC(=O)C1=C(C)N=c2s/c(=C\c3ccc(OCc4cccc(C(=O)O)c4)cc3)c(=O)n2[C@H]1c1cccc(OC)c1. The summed E-state index contributed by atoms with van der Waals surface area (Å²) >= 11 is 1.24. The van der Waals surface area contributed by atoms with Gasteiger partial charge in [-0.1, -0.05) is 47.7 Å². The van der Waals surface area contributed by atoms with Crippen molar-refractivity contribution in [3.8, 4) is 11.5 Å². The number of allylic oxidation sites excluding steroid dienone is 1. The topological polar surface area (TPSA) is 116 Å². The summed E-state index contributed by atoms with van der Waals surface area (Å²) < 4.78 is 18.6. The molecule has 1 aliphatic rings. The monoisotopic (exact) mass is 584 g/mol. The van der Waals surface area contributed by atoms with Gasteiger partial charge in [0.1, 0.15) is 18.1 Å². The second kappa shape index (κ2) is 12.3. The number of hydrogen-bond donors (Lipinski definition) is 1. The molecule has 1 N–H and O–H groups in total. The minimum atomic E-state index is -0.992. The zero-order valence-corrected chi connectivity index (χ0v) is 24.0. The Morgan fingerprint density at radius 3 is 2.52 bits per heavy atom. The number of ether oxygens (including phenoxy) is 3. The molecule has 0 radical (unpaired) electrons. The van der Waals surface area contributed by atoms with E-state index in [2.05, 4.69) is 4.99 Å². The van der Waals surface area contributed by atoms with Crippen LogP contribution in [0.2, 0.25) is 0 Å². The molecule has 42 heavy (non-hydrogen) atoms. The van der Waals surface area contributed by atoms with Crippen molar-refractivity contribution in [2.24, 2.45) is 4.99 Å². The second-order valence-corrected chi connectivity index (χ2v) is 10.5. The van der Waals surface area contributed by atoms with E-state index in [1.807, 2.05) is 24.3 Å². The first-order valence-corrected chi connectivity index (χ1v) is 14.0. The van der Waals surface area contributed by atoms with Gasteiger partial charge in [0.25, 0.3) is 5.56 Å². The summed E-state index contributed by atoms with van der Waals surface area (Å²) in [5.41, 5.74) is 2.94. The van der Waals surface area contributed by atoms with E-state index in [0.717, 1.165) is 11.1 Å². The number of aromatic carboxylic acids is 1. The molecule has 0 amide bonds. The fraction of sp³-hybridized carbons (Fsp3) is 0.188. The number of carboxylic acid groups (broad SMARTS) is 1. The van der Waals surface area contributed by atoms with Crippen LogP contribution in [0.25, 0.3) is 6.08 Å². The Hall–Kier alpha value is -4.96. The molecular weight excluding hydrogens is 556 g/mol. The zero-order valence-electron chi connectivity index (χ0n) is 23.2. The molecule has 3 aromatic carbocycles. The third-order valence-corrected chi connectivity index (χ3v) is 7.67. The van der Waals surface area contributed by atoms with E-state index in [4.69, 9.17) is 14.2 Å². The number of rotatable bonds is 9. The largest absolute Gasteiger partial charge is 0.497 e. The lowest BCUT2D eigenvalue weighted by molar-refractivity contribution is -0.139. The number of esters is 1. The summed E-state index contributed by atoms with van der Waals surface area (Å²) in [5.74, 6) is -0.314. The van der Waals surface area contributed by atoms with Crippen LogP contribution in [0, 0.1) is 0 Å². The smallest absolute Gasteiger partial charge is 0.338 e. The summed E-state index contributed by atoms with van der Waals surface area (Å²) in [7, 11) is 1.56. The maximum atomic E-state index is 13.8. The number of fused-ring (bicyclic) bond motifs is 1. The third kappa shape index (κ3) is 5.89. The predicted octanol–water partition coefficient (Wildman–Crippen LogP) is 4.08. The van der Waals surface area contributed by atoms with Crippen molar-refractivity contribution < 1.29 is 28.9 Å². The van der Waals surface area contributed by atoms with E-state index >= 15 is 0 Å². The molecule has 5 rings (SSSR count). The maximum absolute atomic E-state index is 13.8. The van der Waals surface area contributed by atoms with Crippen molar-refractivity contribution in [1.29, 1.82) is 0 Å². The highest BCUT2D eigenvalue weighted by molar-refractivity contribution is 7.07. The number of methoxy groups -OCH3 is 1. The Bertz CT molecular complexity index is 1870. The van der Waals surface area contributed by atoms with Crippen LogP contribution in [0.5, 0.6) is 11.5 Å². The quantitative estimate of drug-likeness (QED) is 0.295. The van der Waals surface area contributed by atoms with Crippen molar-refractivity contribution in [3.63, 3.8) is 0 Å². The van der Waals surface area contributed by atoms with Crippen LogP contribution < -0.4 is 24.4 Å². The molecule has 9 nitrogen and oxygen atoms in total. The van der Waals surface area contributed by atoms with Crippen LogP contribution in [-0.2, 0) is 16.1 Å². The molecule has 1 aromatic heterocycles. The summed E-state index contributed by atoms with van der Waals surface area (Å²) in [6.07, 6.45) is 1.77. The Labute approximate surface area is 245 Å². The number of carbonyl (C=O) groups excluding carboxylic acids is 1. The maximum Gasteiger partial charge on any atom is 0.338 e. The molecule has 4 aromatic rings. The van der Waals surface area contributed by atoms with E-state index in [0.29, 0.717) is 37.7 Å². The molecule has 0 unspecified atom stereocenters. The Kier molecular flexibility index (Phi) is 8.35. The van der Waals surface area contributed by atoms with Crippen LogP contribution in [0.15, 0.2) is 93.9 Å². The summed E-state index contributed by atoms with van der Waals surface area (Å²) in [5, 5.41) is 9.18. The predicted molar refractivity (Wildman–Crippen MR) is 158 cm³/mol. The number of hydrogen-bond acceptors (Lipinski definition) is 8. The molecular formula is C32H28N2O7S. The van der Waals surface area contributed by atoms with E-state index in [1.165, 1.54) is 22.0 Å². The second-order valence-electron chi connectivity index (χ2n) is 9.44. The Morgan fingerprint density at radius 1 is 1.05 bits per heavy atom. The Balaban J connectivity index is 1.47. The Morgan fingerprint density at radius 2 is 1.81 bits per heavy atom. The average molecular weight is 585 g/mol. The lowest BCUT2D eigenvalue weighted by Crippen LogP contribution is -2.39. The van der Waals surface area contributed by atoms with Crippen molar-refractivity contribution in [2.45, 2.75) is 26.5 Å². The number of carboxylic acids is 1. The van der Waals surface area contributed by atoms with Gasteiger partial charge in [-0.3, -0.25) is 9.36 Å². The molecule has 0 spiro atoms. The minimum absolute atomic E-state index is 0.194. The fourth-order valence-electron chi connectivity index (χ4n) is 4.69. The standard InChI is InChI=1S/C32H28N2O7S/c1-4-40-31(38)27-19(2)33-32-34(28(27)22-8-6-10-25(17-22)39-3)29(35)26(42-32)16-20-11-13-24(14-12-20)41-18-21-7-5-9-23(15-21)30(36)37/h5-17,28H,4,18H2,1-3H3,(H,36,37)/b26-16-/t28-/m0/s1. The van der Waals surface area contributed by atoms with Gasteiger partial charge in [-0.25, -0.2) is 14.6 Å². The number of carbonyl (C=O) groups is 2. The fourth-order valence-corrected chi connectivity index (χ4v) is 5.74. The van der Waals surface area contributed by atoms with Gasteiger partial charge in [0.15, 0.2) is 4.80 Å². The van der Waals surface area contributed by atoms with E-state index in [-0.39, 0.29) is 24.3 Å². The van der Waals surface area contributed by atoms with Crippen molar-refractivity contribution in [2.75, 3.05) is 13.7 Å². The summed E-state index contributed by atoms with van der Waals surface area (Å²) in [6.45, 7) is 3.88. The van der Waals surface area contributed by atoms with Gasteiger partial charge in [0.05, 0.1) is 41.1 Å². The highest BCUT2D eigenvalue weighted by Gasteiger charge is 2.33. The molecule has 0 aliphatic carbocycles. The number of aromatic nitrogens is 1. The lowest BCUT2D eigenvalue weighted by atomic mass is 9.95. The normalized spacial score (nSPS) is 14.6. The summed E-state index contributed by atoms with van der Waals surface area (Å²) in [6, 6.07) is 20.3. The van der Waals surface area contributed by atoms with E-state index < -0.39 is 18.0 Å². The van der Waals surface area contributed by atoms with Crippen LogP contribution in [0.3, 0.4) is 0 Å². The highest BCUT2D eigenvalue weighted by atomic mass is 32.1. The van der Waals surface area contributed by atoms with Gasteiger partial charge >= 0.3 is 11.9 Å². The molecule has 10 heteroatoms. The van der Waals surface area contributed by atoms with Crippen LogP contribution in [-0.4, -0.2) is 35.3 Å². The molecule has 2 heterocycles. The van der Waals surface area contributed by atoms with Crippen molar-refractivity contribution in [1.82, 2.24) is 4.57 Å². The first-order chi connectivity index (χ1) is 20.3. The number of thiazole rings is 1. The van der Waals surface area contributed by atoms with E-state index in [9.17, 15) is 19.5 Å². The number of nitrogens with zero attached hydrogens (tertiary/aromatic N) is 2. The molecule has 0 saturated carbocycles. The first-order valence-electron chi connectivity index (χ1n) is 13.2. The number of benzene rings is 3. The van der Waals surface area contributed by atoms with Gasteiger partial charge < -0.3 is 19.3 Å². The molecule has 0 bridgehead atoms. The lowest BCUT2D eigenvalue weighted by Gasteiger charge is -2.25. The van der Waals surface area contributed by atoms with Crippen molar-refractivity contribution in [3.05, 3.63) is 126 Å². The first kappa shape index (κ1) is 28.6. The third-order valence-electron chi connectivity index (χ3n) is 6.68. The molecule has 0 fully saturated rings. The van der Waals surface area contributed by atoms with Crippen molar-refractivity contribution >= 4 is 29.4 Å². The van der Waals surface area contributed by atoms with Gasteiger partial charge in [0.2, 0.25) is 0 Å². The van der Waals surface area contributed by atoms with Crippen LogP contribution in [0.4, 0.5) is 0 Å². The van der Waals surface area contributed by atoms with Crippen LogP contribution >= 0.6 is 11.3 Å². The van der Waals surface area contributed by atoms with Crippen LogP contribution in [0.1, 0.15) is 46.9 Å². The van der Waals surface area contributed by atoms with Gasteiger partial charge in [-0.2, -0.15) is 0 Å². The highest BCUT2D eigenvalue weighted by Crippen LogP contribution is 2.32. The minimum Gasteiger partial charge on any atom is -0.497 e. The average Bonchev–Trinajstić information content (AvgIpc) is 3.30. The molecule has 1 atom stereocenters. The van der Waals surface area contributed by atoms with Gasteiger partial charge in [0, 0.05) is 0 Å². The van der Waals surface area contributed by atoms with E-state index in [1.54, 1.807) is 69.5 Å². The molecule has 214 valence electrons.